The van der Waals surface area contributed by atoms with Gasteiger partial charge in [0.1, 0.15) is 17.6 Å². The number of carbonyl (C=O) groups is 2. The van der Waals surface area contributed by atoms with Crippen molar-refractivity contribution >= 4 is 18.3 Å². The number of phenols is 1. The predicted molar refractivity (Wildman–Crippen MR) is 54.5 cm³/mol. The largest absolute Gasteiger partial charge is 0.507 e. The average molecular weight is 206 g/mol. The van der Waals surface area contributed by atoms with Gasteiger partial charge in [0.05, 0.1) is 7.11 Å². The van der Waals surface area contributed by atoms with E-state index in [-0.39, 0.29) is 11.3 Å². The Balaban J connectivity index is 3.10. The molecule has 1 N–H and O–H groups in total. The van der Waals surface area contributed by atoms with E-state index in [2.05, 4.69) is 4.74 Å². The third kappa shape index (κ3) is 2.67. The van der Waals surface area contributed by atoms with Gasteiger partial charge in [-0.05, 0) is 23.8 Å². The van der Waals surface area contributed by atoms with Crippen LogP contribution in [0.5, 0.6) is 5.75 Å². The molecule has 0 heterocycles. The van der Waals surface area contributed by atoms with Crippen LogP contribution >= 0.6 is 0 Å². The number of methoxy groups -OCH3 is 1. The van der Waals surface area contributed by atoms with Gasteiger partial charge in [-0.2, -0.15) is 0 Å². The maximum atomic E-state index is 11.2. The summed E-state index contributed by atoms with van der Waals surface area (Å²) in [6, 6.07) is 4.40. The maximum absolute atomic E-state index is 11.2. The minimum absolute atomic E-state index is 0.0746. The van der Waals surface area contributed by atoms with E-state index in [1.165, 1.54) is 31.4 Å². The van der Waals surface area contributed by atoms with Crippen LogP contribution in [0.2, 0.25) is 0 Å². The van der Waals surface area contributed by atoms with Crippen molar-refractivity contribution in [1.29, 1.82) is 0 Å². The highest BCUT2D eigenvalue weighted by Gasteiger charge is 2.10. The van der Waals surface area contributed by atoms with Gasteiger partial charge in [-0.15, -0.1) is 0 Å². The molecular weight excluding hydrogens is 196 g/mol. The van der Waals surface area contributed by atoms with Crippen LogP contribution in [0.1, 0.15) is 15.9 Å². The fraction of sp³-hybridized carbons (Fsp3) is 0.0909. The molecule has 0 atom stereocenters. The van der Waals surface area contributed by atoms with Crippen LogP contribution in [0.15, 0.2) is 24.3 Å². The summed E-state index contributed by atoms with van der Waals surface area (Å²) in [5, 5.41) is 9.37. The standard InChI is InChI=1S/C11H10O4/c1-15-11(14)9-7-8(3-2-6-12)4-5-10(9)13/h2-7,13H,1H3. The van der Waals surface area contributed by atoms with Crippen molar-refractivity contribution in [3.05, 3.63) is 35.4 Å². The fourth-order valence-electron chi connectivity index (χ4n) is 1.08. The molecule has 4 heteroatoms. The van der Waals surface area contributed by atoms with Crippen molar-refractivity contribution in [2.45, 2.75) is 0 Å². The molecule has 15 heavy (non-hydrogen) atoms. The zero-order valence-corrected chi connectivity index (χ0v) is 8.14. The molecule has 0 aliphatic rings. The van der Waals surface area contributed by atoms with Crippen molar-refractivity contribution in [3.63, 3.8) is 0 Å². The molecule has 0 amide bonds. The van der Waals surface area contributed by atoms with Crippen LogP contribution in [-0.4, -0.2) is 24.5 Å². The number of aldehydes is 1. The first-order valence-electron chi connectivity index (χ1n) is 4.22. The zero-order valence-electron chi connectivity index (χ0n) is 8.14. The molecule has 0 unspecified atom stereocenters. The van der Waals surface area contributed by atoms with Gasteiger partial charge in [0.25, 0.3) is 0 Å². The molecule has 0 saturated heterocycles. The first kappa shape index (κ1) is 11.0. The SMILES string of the molecule is COC(=O)c1cc(C=CC=O)ccc1O. The van der Waals surface area contributed by atoms with E-state index in [4.69, 9.17) is 0 Å². The zero-order chi connectivity index (χ0) is 11.3. The van der Waals surface area contributed by atoms with Gasteiger partial charge in [0.2, 0.25) is 0 Å². The van der Waals surface area contributed by atoms with Gasteiger partial charge < -0.3 is 9.84 Å². The third-order valence-electron chi connectivity index (χ3n) is 1.79. The van der Waals surface area contributed by atoms with Gasteiger partial charge >= 0.3 is 5.97 Å². The number of phenolic OH excluding ortho intramolecular Hbond substituents is 1. The summed E-state index contributed by atoms with van der Waals surface area (Å²) in [7, 11) is 1.23. The van der Waals surface area contributed by atoms with E-state index in [0.29, 0.717) is 11.8 Å². The van der Waals surface area contributed by atoms with Crippen LogP contribution in [-0.2, 0) is 9.53 Å². The van der Waals surface area contributed by atoms with Crippen molar-refractivity contribution < 1.29 is 19.4 Å². The number of hydrogen-bond donors (Lipinski definition) is 1. The summed E-state index contributed by atoms with van der Waals surface area (Å²) in [6.45, 7) is 0. The molecule has 0 radical (unpaired) electrons. The van der Waals surface area contributed by atoms with E-state index in [0.717, 1.165) is 0 Å². The fourth-order valence-corrected chi connectivity index (χ4v) is 1.08. The Morgan fingerprint density at radius 1 is 1.47 bits per heavy atom. The third-order valence-corrected chi connectivity index (χ3v) is 1.79. The number of hydrogen-bond acceptors (Lipinski definition) is 4. The molecule has 1 aromatic rings. The maximum Gasteiger partial charge on any atom is 0.341 e. The molecule has 0 aromatic heterocycles. The van der Waals surface area contributed by atoms with E-state index < -0.39 is 5.97 Å². The normalized spacial score (nSPS) is 10.2. The minimum Gasteiger partial charge on any atom is -0.507 e. The highest BCUT2D eigenvalue weighted by molar-refractivity contribution is 5.93. The molecule has 78 valence electrons. The number of carbonyl (C=O) groups excluding carboxylic acids is 2. The first-order chi connectivity index (χ1) is 7.19. The molecule has 0 aliphatic carbocycles. The van der Waals surface area contributed by atoms with Gasteiger partial charge in [-0.1, -0.05) is 12.1 Å². The second-order valence-corrected chi connectivity index (χ2v) is 2.76. The molecule has 0 spiro atoms. The number of allylic oxidation sites excluding steroid dienone is 1. The lowest BCUT2D eigenvalue weighted by atomic mass is 10.1. The van der Waals surface area contributed by atoms with Crippen molar-refractivity contribution in [2.75, 3.05) is 7.11 Å². The summed E-state index contributed by atoms with van der Waals surface area (Å²) in [5.41, 5.74) is 0.714. The monoisotopic (exact) mass is 206 g/mol. The molecule has 0 fully saturated rings. The second kappa shape index (κ2) is 4.95. The number of rotatable bonds is 3. The van der Waals surface area contributed by atoms with Crippen LogP contribution in [0, 0.1) is 0 Å². The summed E-state index contributed by atoms with van der Waals surface area (Å²) in [6.07, 6.45) is 3.46. The van der Waals surface area contributed by atoms with Crippen molar-refractivity contribution in [2.24, 2.45) is 0 Å². The molecule has 0 saturated carbocycles. The molecule has 0 aliphatic heterocycles. The van der Waals surface area contributed by atoms with E-state index >= 15 is 0 Å². The summed E-state index contributed by atoms with van der Waals surface area (Å²) in [4.78, 5) is 21.3. The van der Waals surface area contributed by atoms with Gasteiger partial charge in [0.15, 0.2) is 0 Å². The Morgan fingerprint density at radius 2 is 2.20 bits per heavy atom. The smallest absolute Gasteiger partial charge is 0.341 e. The molecule has 0 bridgehead atoms. The number of esters is 1. The lowest BCUT2D eigenvalue weighted by Gasteiger charge is -2.03. The minimum atomic E-state index is -0.617. The number of aromatic hydroxyl groups is 1. The topological polar surface area (TPSA) is 63.6 Å². The Labute approximate surface area is 86.8 Å². The Kier molecular flexibility index (Phi) is 3.62. The lowest BCUT2D eigenvalue weighted by molar-refractivity contribution is -0.104. The van der Waals surface area contributed by atoms with Crippen molar-refractivity contribution in [1.82, 2.24) is 0 Å². The Morgan fingerprint density at radius 3 is 2.80 bits per heavy atom. The van der Waals surface area contributed by atoms with Gasteiger partial charge in [-0.3, -0.25) is 4.79 Å². The second-order valence-electron chi connectivity index (χ2n) is 2.76. The van der Waals surface area contributed by atoms with Gasteiger partial charge in [0, 0.05) is 0 Å². The number of ether oxygens (including phenoxy) is 1. The van der Waals surface area contributed by atoms with Gasteiger partial charge in [-0.25, -0.2) is 4.79 Å². The summed E-state index contributed by atoms with van der Waals surface area (Å²) in [5.74, 6) is -0.765. The van der Waals surface area contributed by atoms with E-state index in [1.807, 2.05) is 0 Å². The van der Waals surface area contributed by atoms with Crippen LogP contribution in [0.25, 0.3) is 6.08 Å². The van der Waals surface area contributed by atoms with Crippen LogP contribution in [0.3, 0.4) is 0 Å². The Hall–Kier alpha value is -2.10. The summed E-state index contributed by atoms with van der Waals surface area (Å²) >= 11 is 0. The molecular formula is C11H10O4. The highest BCUT2D eigenvalue weighted by Crippen LogP contribution is 2.19. The highest BCUT2D eigenvalue weighted by atomic mass is 16.5. The predicted octanol–water partition coefficient (Wildman–Crippen LogP) is 1.39. The lowest BCUT2D eigenvalue weighted by Crippen LogP contribution is -2.01. The average Bonchev–Trinajstić information content (AvgIpc) is 2.27. The van der Waals surface area contributed by atoms with Crippen LogP contribution in [0.4, 0.5) is 0 Å². The Bertz CT molecular complexity index is 407. The van der Waals surface area contributed by atoms with Crippen LogP contribution < -0.4 is 0 Å². The molecule has 1 aromatic carbocycles. The summed E-state index contributed by atoms with van der Waals surface area (Å²) < 4.78 is 4.48. The number of benzene rings is 1. The molecule has 1 rings (SSSR count). The first-order valence-corrected chi connectivity index (χ1v) is 4.22. The quantitative estimate of drug-likeness (QED) is 0.461. The van der Waals surface area contributed by atoms with E-state index in [9.17, 15) is 14.7 Å². The molecule has 4 nitrogen and oxygen atoms in total. The van der Waals surface area contributed by atoms with Crippen molar-refractivity contribution in [3.8, 4) is 5.75 Å². The van der Waals surface area contributed by atoms with E-state index in [1.54, 1.807) is 6.07 Å².